The molecule has 1 nitrogen and oxygen atoms in total. The summed E-state index contributed by atoms with van der Waals surface area (Å²) in [6.45, 7) is 4.46. The van der Waals surface area contributed by atoms with Gasteiger partial charge in [0.1, 0.15) is 0 Å². The van der Waals surface area contributed by atoms with E-state index in [9.17, 15) is 5.11 Å². The van der Waals surface area contributed by atoms with E-state index >= 15 is 0 Å². The fourth-order valence-electron chi connectivity index (χ4n) is 3.45. The molecular formula is C18H28O. The van der Waals surface area contributed by atoms with E-state index in [0.29, 0.717) is 0 Å². The van der Waals surface area contributed by atoms with Gasteiger partial charge in [-0.2, -0.15) is 0 Å². The smallest absolute Gasteiger partial charge is 0.0896 e. The molecule has 0 radical (unpaired) electrons. The Balaban J connectivity index is 2.06. The highest BCUT2D eigenvalue weighted by Crippen LogP contribution is 2.41. The molecule has 106 valence electrons. The van der Waals surface area contributed by atoms with Crippen molar-refractivity contribution in [2.24, 2.45) is 5.92 Å². The largest absolute Gasteiger partial charge is 0.385 e. The normalized spacial score (nSPS) is 27.4. The minimum Gasteiger partial charge on any atom is -0.385 e. The molecule has 0 saturated heterocycles. The van der Waals surface area contributed by atoms with Gasteiger partial charge >= 0.3 is 0 Å². The zero-order valence-electron chi connectivity index (χ0n) is 12.5. The molecule has 1 N–H and O–H groups in total. The number of hydrogen-bond donors (Lipinski definition) is 1. The maximum absolute atomic E-state index is 10.9. The standard InChI is InChI=1S/C18H28O/c1-3-6-15-10-12-18(19,13-11-15)17-9-5-8-16(14-17)7-4-2/h5,8-9,14-15,19H,3-4,6-7,10-13H2,1-2H3. The van der Waals surface area contributed by atoms with Crippen molar-refractivity contribution in [3.05, 3.63) is 35.4 Å². The lowest BCUT2D eigenvalue weighted by atomic mass is 9.74. The lowest BCUT2D eigenvalue weighted by molar-refractivity contribution is -0.0152. The first-order valence-corrected chi connectivity index (χ1v) is 7.99. The molecule has 1 heteroatoms. The van der Waals surface area contributed by atoms with E-state index in [0.717, 1.165) is 30.7 Å². The topological polar surface area (TPSA) is 20.2 Å². The molecule has 19 heavy (non-hydrogen) atoms. The molecule has 1 aliphatic rings. The highest BCUT2D eigenvalue weighted by Gasteiger charge is 2.34. The summed E-state index contributed by atoms with van der Waals surface area (Å²) < 4.78 is 0. The molecule has 0 amide bonds. The van der Waals surface area contributed by atoms with Gasteiger partial charge in [0, 0.05) is 0 Å². The van der Waals surface area contributed by atoms with Crippen LogP contribution < -0.4 is 0 Å². The predicted octanol–water partition coefficient (Wildman–Crippen LogP) is 4.82. The van der Waals surface area contributed by atoms with Gasteiger partial charge in [0.05, 0.1) is 5.60 Å². The van der Waals surface area contributed by atoms with Crippen molar-refractivity contribution in [3.63, 3.8) is 0 Å². The molecule has 0 unspecified atom stereocenters. The Morgan fingerprint density at radius 2 is 1.89 bits per heavy atom. The third-order valence-electron chi connectivity index (χ3n) is 4.63. The van der Waals surface area contributed by atoms with Crippen LogP contribution in [0.2, 0.25) is 0 Å². The first-order chi connectivity index (χ1) is 9.18. The lowest BCUT2D eigenvalue weighted by Gasteiger charge is -2.36. The summed E-state index contributed by atoms with van der Waals surface area (Å²) in [5.74, 6) is 0.837. The van der Waals surface area contributed by atoms with Crippen LogP contribution in [-0.4, -0.2) is 5.11 Å². The second-order valence-corrected chi connectivity index (χ2v) is 6.21. The number of benzene rings is 1. The SMILES string of the molecule is CCCc1cccc(C2(O)CCC(CCC)CC2)c1. The summed E-state index contributed by atoms with van der Waals surface area (Å²) in [5, 5.41) is 10.9. The lowest BCUT2D eigenvalue weighted by Crippen LogP contribution is -2.31. The Morgan fingerprint density at radius 3 is 2.53 bits per heavy atom. The van der Waals surface area contributed by atoms with Crippen LogP contribution >= 0.6 is 0 Å². The molecule has 0 bridgehead atoms. The summed E-state index contributed by atoms with van der Waals surface area (Å²) in [7, 11) is 0. The second-order valence-electron chi connectivity index (χ2n) is 6.21. The average Bonchev–Trinajstić information content (AvgIpc) is 2.43. The molecular weight excluding hydrogens is 232 g/mol. The van der Waals surface area contributed by atoms with Crippen LogP contribution in [-0.2, 0) is 12.0 Å². The van der Waals surface area contributed by atoms with Gasteiger partial charge < -0.3 is 5.11 Å². The summed E-state index contributed by atoms with van der Waals surface area (Å²) in [5.41, 5.74) is 1.95. The van der Waals surface area contributed by atoms with Crippen LogP contribution in [0.1, 0.15) is 69.9 Å². The van der Waals surface area contributed by atoms with Crippen LogP contribution in [0.4, 0.5) is 0 Å². The van der Waals surface area contributed by atoms with Crippen LogP contribution in [0.3, 0.4) is 0 Å². The average molecular weight is 260 g/mol. The van der Waals surface area contributed by atoms with Gasteiger partial charge in [-0.05, 0) is 49.1 Å². The minimum absolute atomic E-state index is 0.562. The third-order valence-corrected chi connectivity index (χ3v) is 4.63. The van der Waals surface area contributed by atoms with Crippen molar-refractivity contribution >= 4 is 0 Å². The highest BCUT2D eigenvalue weighted by atomic mass is 16.3. The van der Waals surface area contributed by atoms with Gasteiger partial charge in [-0.1, -0.05) is 57.4 Å². The number of aryl methyl sites for hydroxylation is 1. The molecule has 0 atom stereocenters. The van der Waals surface area contributed by atoms with E-state index in [-0.39, 0.29) is 0 Å². The van der Waals surface area contributed by atoms with Crippen LogP contribution in [0, 0.1) is 5.92 Å². The molecule has 0 heterocycles. The van der Waals surface area contributed by atoms with Gasteiger partial charge in [-0.3, -0.25) is 0 Å². The van der Waals surface area contributed by atoms with E-state index in [1.54, 1.807) is 0 Å². The van der Waals surface area contributed by atoms with Gasteiger partial charge in [-0.25, -0.2) is 0 Å². The Labute approximate surface area is 118 Å². The van der Waals surface area contributed by atoms with Crippen LogP contribution in [0.15, 0.2) is 24.3 Å². The Hall–Kier alpha value is -0.820. The maximum atomic E-state index is 10.9. The number of aliphatic hydroxyl groups is 1. The van der Waals surface area contributed by atoms with Crippen molar-refractivity contribution in [2.45, 2.75) is 70.8 Å². The predicted molar refractivity (Wildman–Crippen MR) is 81.2 cm³/mol. The third kappa shape index (κ3) is 3.60. The zero-order valence-corrected chi connectivity index (χ0v) is 12.5. The molecule has 0 aromatic heterocycles. The summed E-state index contributed by atoms with van der Waals surface area (Å²) in [6, 6.07) is 8.62. The fourth-order valence-corrected chi connectivity index (χ4v) is 3.45. The number of hydrogen-bond acceptors (Lipinski definition) is 1. The van der Waals surface area contributed by atoms with E-state index in [1.807, 2.05) is 0 Å². The van der Waals surface area contributed by atoms with E-state index < -0.39 is 5.60 Å². The monoisotopic (exact) mass is 260 g/mol. The minimum atomic E-state index is -0.562. The van der Waals surface area contributed by atoms with Gasteiger partial charge in [0.25, 0.3) is 0 Å². The molecule has 0 spiro atoms. The van der Waals surface area contributed by atoms with Gasteiger partial charge in [-0.15, -0.1) is 0 Å². The van der Waals surface area contributed by atoms with Crippen molar-refractivity contribution in [1.29, 1.82) is 0 Å². The Kier molecular flexibility index (Phi) is 5.04. The molecule has 1 saturated carbocycles. The second kappa shape index (κ2) is 6.56. The first-order valence-electron chi connectivity index (χ1n) is 7.99. The van der Waals surface area contributed by atoms with E-state index in [4.69, 9.17) is 0 Å². The van der Waals surface area contributed by atoms with Crippen molar-refractivity contribution in [3.8, 4) is 0 Å². The first kappa shape index (κ1) is 14.6. The van der Waals surface area contributed by atoms with Crippen molar-refractivity contribution in [1.82, 2.24) is 0 Å². The molecule has 1 aliphatic carbocycles. The van der Waals surface area contributed by atoms with Crippen molar-refractivity contribution < 1.29 is 5.11 Å². The Morgan fingerprint density at radius 1 is 1.16 bits per heavy atom. The van der Waals surface area contributed by atoms with Crippen LogP contribution in [0.25, 0.3) is 0 Å². The fraction of sp³-hybridized carbons (Fsp3) is 0.667. The van der Waals surface area contributed by atoms with E-state index in [2.05, 4.69) is 38.1 Å². The van der Waals surface area contributed by atoms with E-state index in [1.165, 1.54) is 37.7 Å². The van der Waals surface area contributed by atoms with Crippen LogP contribution in [0.5, 0.6) is 0 Å². The molecule has 1 aromatic rings. The van der Waals surface area contributed by atoms with Gasteiger partial charge in [0.15, 0.2) is 0 Å². The molecule has 1 fully saturated rings. The Bertz CT molecular complexity index is 388. The summed E-state index contributed by atoms with van der Waals surface area (Å²) in [4.78, 5) is 0. The summed E-state index contributed by atoms with van der Waals surface area (Å²) in [6.07, 6.45) is 9.12. The summed E-state index contributed by atoms with van der Waals surface area (Å²) >= 11 is 0. The highest BCUT2D eigenvalue weighted by molar-refractivity contribution is 5.28. The quantitative estimate of drug-likeness (QED) is 0.805. The molecule has 2 rings (SSSR count). The number of rotatable bonds is 5. The van der Waals surface area contributed by atoms with Gasteiger partial charge in [0.2, 0.25) is 0 Å². The molecule has 0 aliphatic heterocycles. The van der Waals surface area contributed by atoms with Crippen molar-refractivity contribution in [2.75, 3.05) is 0 Å². The maximum Gasteiger partial charge on any atom is 0.0896 e. The zero-order chi connectivity index (χ0) is 13.7. The molecule has 1 aromatic carbocycles.